The molecule has 4 nitrogen and oxygen atoms in total. The van der Waals surface area contributed by atoms with Crippen molar-refractivity contribution in [1.82, 2.24) is 5.32 Å². The number of ether oxygens (including phenoxy) is 1. The number of aliphatic hydroxyl groups is 1. The van der Waals surface area contributed by atoms with E-state index in [1.165, 1.54) is 23.8 Å². The Morgan fingerprint density at radius 1 is 1.19 bits per heavy atom. The molecule has 0 aliphatic carbocycles. The van der Waals surface area contributed by atoms with Crippen LogP contribution in [0.5, 0.6) is 5.75 Å². The van der Waals surface area contributed by atoms with Gasteiger partial charge in [-0.3, -0.25) is 4.79 Å². The van der Waals surface area contributed by atoms with Gasteiger partial charge in [-0.1, -0.05) is 45.0 Å². The Labute approximate surface area is 160 Å². The molecule has 0 radical (unpaired) electrons. The molecule has 0 heterocycles. The van der Waals surface area contributed by atoms with Crippen LogP contribution in [0, 0.1) is 5.82 Å². The van der Waals surface area contributed by atoms with Crippen molar-refractivity contribution in [3.8, 4) is 5.75 Å². The minimum absolute atomic E-state index is 0.0530. The zero-order valence-electron chi connectivity index (χ0n) is 16.2. The number of hydrogen-bond acceptors (Lipinski definition) is 3. The van der Waals surface area contributed by atoms with Crippen molar-refractivity contribution in [3.63, 3.8) is 0 Å². The third kappa shape index (κ3) is 7.02. The summed E-state index contributed by atoms with van der Waals surface area (Å²) in [5.41, 5.74) is 1.79. The minimum Gasteiger partial charge on any atom is -0.494 e. The van der Waals surface area contributed by atoms with E-state index in [1.54, 1.807) is 6.07 Å². The molecule has 2 aromatic carbocycles. The van der Waals surface area contributed by atoms with E-state index >= 15 is 0 Å². The monoisotopic (exact) mass is 373 g/mol. The van der Waals surface area contributed by atoms with Gasteiger partial charge in [0, 0.05) is 13.0 Å². The molecule has 0 aliphatic rings. The van der Waals surface area contributed by atoms with Crippen molar-refractivity contribution in [2.45, 2.75) is 45.1 Å². The smallest absolute Gasteiger partial charge is 0.220 e. The number of rotatable bonds is 8. The Morgan fingerprint density at radius 3 is 2.52 bits per heavy atom. The Morgan fingerprint density at radius 2 is 1.89 bits per heavy atom. The maximum absolute atomic E-state index is 13.1. The predicted molar refractivity (Wildman–Crippen MR) is 104 cm³/mol. The second kappa shape index (κ2) is 9.51. The molecule has 0 fully saturated rings. The highest BCUT2D eigenvalue weighted by atomic mass is 19.1. The molecular formula is C22H28FNO3. The van der Waals surface area contributed by atoms with Crippen molar-refractivity contribution < 1.29 is 19.0 Å². The van der Waals surface area contributed by atoms with E-state index in [-0.39, 0.29) is 17.9 Å². The number of carbonyl (C=O) groups excluding carboxylic acids is 1. The van der Waals surface area contributed by atoms with Crippen LogP contribution in [0.15, 0.2) is 48.5 Å². The molecule has 5 heteroatoms. The first-order valence-corrected chi connectivity index (χ1v) is 9.19. The van der Waals surface area contributed by atoms with Crippen molar-refractivity contribution in [3.05, 3.63) is 65.5 Å². The van der Waals surface area contributed by atoms with Gasteiger partial charge in [0.1, 0.15) is 11.6 Å². The fourth-order valence-corrected chi connectivity index (χ4v) is 2.60. The summed E-state index contributed by atoms with van der Waals surface area (Å²) in [6.07, 6.45) is -0.0546. The van der Waals surface area contributed by atoms with Crippen molar-refractivity contribution in [1.29, 1.82) is 0 Å². The molecule has 2 N–H and O–H groups in total. The minimum atomic E-state index is -0.928. The summed E-state index contributed by atoms with van der Waals surface area (Å²) < 4.78 is 18.8. The molecule has 146 valence electrons. The number of aliphatic hydroxyl groups excluding tert-OH is 1. The lowest BCUT2D eigenvalue weighted by Crippen LogP contribution is -2.28. The van der Waals surface area contributed by atoms with Crippen LogP contribution in [0.2, 0.25) is 0 Å². The zero-order valence-corrected chi connectivity index (χ0v) is 16.2. The lowest BCUT2D eigenvalue weighted by Gasteiger charge is -2.19. The van der Waals surface area contributed by atoms with E-state index in [1.807, 2.05) is 12.1 Å². The number of amides is 1. The van der Waals surface area contributed by atoms with Crippen LogP contribution < -0.4 is 10.1 Å². The molecule has 2 rings (SSSR count). The van der Waals surface area contributed by atoms with Gasteiger partial charge in [-0.15, -0.1) is 0 Å². The molecule has 1 amide bonds. The van der Waals surface area contributed by atoms with Gasteiger partial charge >= 0.3 is 0 Å². The van der Waals surface area contributed by atoms with Crippen LogP contribution in [-0.4, -0.2) is 24.2 Å². The van der Waals surface area contributed by atoms with Crippen LogP contribution in [-0.2, 0) is 10.2 Å². The molecule has 1 atom stereocenters. The summed E-state index contributed by atoms with van der Waals surface area (Å²) in [5.74, 6) is 0.202. The van der Waals surface area contributed by atoms with E-state index in [9.17, 15) is 14.3 Å². The summed E-state index contributed by atoms with van der Waals surface area (Å²) in [6.45, 7) is 6.97. The molecule has 0 aliphatic heterocycles. The highest BCUT2D eigenvalue weighted by Gasteiger charge is 2.13. The highest BCUT2D eigenvalue weighted by Crippen LogP contribution is 2.24. The van der Waals surface area contributed by atoms with E-state index in [2.05, 4.69) is 38.2 Å². The maximum atomic E-state index is 13.1. The molecule has 0 saturated heterocycles. The van der Waals surface area contributed by atoms with E-state index in [4.69, 9.17) is 4.74 Å². The van der Waals surface area contributed by atoms with E-state index in [0.29, 0.717) is 25.0 Å². The third-order valence-corrected chi connectivity index (χ3v) is 4.26. The molecule has 2 aromatic rings. The molecule has 0 aromatic heterocycles. The number of hydrogen-bond donors (Lipinski definition) is 2. The van der Waals surface area contributed by atoms with Gasteiger partial charge < -0.3 is 15.2 Å². The number of halogens is 1. The summed E-state index contributed by atoms with van der Waals surface area (Å²) in [4.78, 5) is 11.9. The summed E-state index contributed by atoms with van der Waals surface area (Å²) in [5, 5.41) is 12.6. The van der Waals surface area contributed by atoms with Crippen molar-refractivity contribution >= 4 is 5.91 Å². The SMILES string of the molecule is CC(C)(C)c1ccc(OCCCC(=O)NCC(O)c2cccc(F)c2)cc1. The van der Waals surface area contributed by atoms with Crippen LogP contribution in [0.4, 0.5) is 4.39 Å². The fourth-order valence-electron chi connectivity index (χ4n) is 2.60. The summed E-state index contributed by atoms with van der Waals surface area (Å²) in [6, 6.07) is 13.7. The Bertz CT molecular complexity index is 738. The highest BCUT2D eigenvalue weighted by molar-refractivity contribution is 5.75. The van der Waals surface area contributed by atoms with Gasteiger partial charge in [0.05, 0.1) is 12.7 Å². The van der Waals surface area contributed by atoms with Crippen LogP contribution in [0.3, 0.4) is 0 Å². The predicted octanol–water partition coefficient (Wildman–Crippen LogP) is 4.13. The second-order valence-electron chi connectivity index (χ2n) is 7.60. The normalized spacial score (nSPS) is 12.5. The van der Waals surface area contributed by atoms with E-state index in [0.717, 1.165) is 5.75 Å². The fraction of sp³-hybridized carbons (Fsp3) is 0.409. The maximum Gasteiger partial charge on any atom is 0.220 e. The van der Waals surface area contributed by atoms with Crippen LogP contribution >= 0.6 is 0 Å². The summed E-state index contributed by atoms with van der Waals surface area (Å²) >= 11 is 0. The lowest BCUT2D eigenvalue weighted by molar-refractivity contribution is -0.121. The Kier molecular flexibility index (Phi) is 7.36. The molecular weight excluding hydrogens is 345 g/mol. The van der Waals surface area contributed by atoms with Crippen LogP contribution in [0.25, 0.3) is 0 Å². The van der Waals surface area contributed by atoms with Crippen molar-refractivity contribution in [2.75, 3.05) is 13.2 Å². The average Bonchev–Trinajstić information content (AvgIpc) is 2.63. The van der Waals surface area contributed by atoms with Crippen molar-refractivity contribution in [2.24, 2.45) is 0 Å². The first-order chi connectivity index (χ1) is 12.8. The molecule has 1 unspecified atom stereocenters. The quantitative estimate of drug-likeness (QED) is 0.684. The molecule has 0 spiro atoms. The zero-order chi connectivity index (χ0) is 19.9. The van der Waals surface area contributed by atoms with Gasteiger partial charge in [-0.25, -0.2) is 4.39 Å². The van der Waals surface area contributed by atoms with Gasteiger partial charge in [0.15, 0.2) is 0 Å². The largest absolute Gasteiger partial charge is 0.494 e. The average molecular weight is 373 g/mol. The molecule has 0 saturated carbocycles. The number of benzene rings is 2. The van der Waals surface area contributed by atoms with E-state index < -0.39 is 11.9 Å². The van der Waals surface area contributed by atoms with Gasteiger partial charge in [0.25, 0.3) is 0 Å². The molecule has 27 heavy (non-hydrogen) atoms. The van der Waals surface area contributed by atoms with Gasteiger partial charge in [-0.05, 0) is 47.2 Å². The first-order valence-electron chi connectivity index (χ1n) is 9.19. The first kappa shape index (κ1) is 20.9. The van der Waals surface area contributed by atoms with Gasteiger partial charge in [0.2, 0.25) is 5.91 Å². The number of nitrogens with one attached hydrogen (secondary N) is 1. The standard InChI is InChI=1S/C22H28FNO3/c1-22(2,3)17-9-11-19(12-10-17)27-13-5-8-21(26)24-15-20(25)16-6-4-7-18(23)14-16/h4,6-7,9-12,14,20,25H,5,8,13,15H2,1-3H3,(H,24,26). The second-order valence-corrected chi connectivity index (χ2v) is 7.60. The lowest BCUT2D eigenvalue weighted by atomic mass is 9.87. The Balaban J connectivity index is 1.66. The van der Waals surface area contributed by atoms with Gasteiger partial charge in [-0.2, -0.15) is 0 Å². The van der Waals surface area contributed by atoms with Crippen LogP contribution in [0.1, 0.15) is 50.8 Å². The Hall–Kier alpha value is -2.40. The third-order valence-electron chi connectivity index (χ3n) is 4.26. The number of carbonyl (C=O) groups is 1. The topological polar surface area (TPSA) is 58.6 Å². The molecule has 0 bridgehead atoms. The summed E-state index contributed by atoms with van der Waals surface area (Å²) in [7, 11) is 0.